The Balaban J connectivity index is 1.66. The minimum Gasteiger partial charge on any atom is -0.502 e. The molecule has 0 aliphatic heterocycles. The van der Waals surface area contributed by atoms with Gasteiger partial charge in [-0.25, -0.2) is 0 Å². The maximum absolute atomic E-state index is 12.9. The van der Waals surface area contributed by atoms with E-state index in [1.165, 1.54) is 27.6 Å². The molecule has 0 aliphatic rings. The van der Waals surface area contributed by atoms with Crippen LogP contribution in [0.5, 0.6) is 5.75 Å². The number of nitrogens with zero attached hydrogens (tertiary/aromatic N) is 3. The molecule has 31 heavy (non-hydrogen) atoms. The third-order valence-corrected chi connectivity index (χ3v) is 4.90. The van der Waals surface area contributed by atoms with Gasteiger partial charge in [0.05, 0.1) is 13.0 Å². The number of benzene rings is 1. The highest BCUT2D eigenvalue weighted by molar-refractivity contribution is 6.30. The number of hydrogen-bond donors (Lipinski definition) is 2. The number of carbonyl (C=O) groups excluding carboxylic acids is 1. The van der Waals surface area contributed by atoms with E-state index in [0.717, 1.165) is 5.56 Å². The van der Waals surface area contributed by atoms with Crippen molar-refractivity contribution in [1.82, 2.24) is 14.0 Å². The number of aromatic nitrogens is 3. The van der Waals surface area contributed by atoms with Crippen molar-refractivity contribution in [3.63, 3.8) is 0 Å². The molecule has 156 valence electrons. The van der Waals surface area contributed by atoms with Gasteiger partial charge in [0.25, 0.3) is 5.56 Å². The van der Waals surface area contributed by atoms with Crippen molar-refractivity contribution in [3.8, 4) is 5.75 Å². The molecule has 0 unspecified atom stereocenters. The number of fused-ring (bicyclic) bond motifs is 1. The van der Waals surface area contributed by atoms with Gasteiger partial charge in [-0.3, -0.25) is 19.4 Å². The first-order valence-corrected chi connectivity index (χ1v) is 9.72. The Kier molecular flexibility index (Phi) is 5.55. The average Bonchev–Trinajstić information content (AvgIpc) is 2.74. The molecule has 3 aromatic heterocycles. The summed E-state index contributed by atoms with van der Waals surface area (Å²) in [6, 6.07) is 12.2. The van der Waals surface area contributed by atoms with Crippen molar-refractivity contribution >= 4 is 28.7 Å². The standard InChI is InChI=1S/C22H17ClN4O4/c23-15-5-3-4-14(10-15)12-27-9-8-26-13-17(20(29)21(30)19(26)22(27)31)25-18(28)11-16-6-1-2-7-24-16/h1-10,13,30H,11-12H2,(H,25,28). The van der Waals surface area contributed by atoms with E-state index < -0.39 is 22.6 Å². The fraction of sp³-hybridized carbons (Fsp3) is 0.0909. The van der Waals surface area contributed by atoms with Gasteiger partial charge in [-0.05, 0) is 29.8 Å². The van der Waals surface area contributed by atoms with Crippen LogP contribution >= 0.6 is 11.6 Å². The van der Waals surface area contributed by atoms with Crippen molar-refractivity contribution in [2.45, 2.75) is 13.0 Å². The Morgan fingerprint density at radius 3 is 2.71 bits per heavy atom. The first-order valence-electron chi connectivity index (χ1n) is 9.34. The minimum atomic E-state index is -0.841. The summed E-state index contributed by atoms with van der Waals surface area (Å²) < 4.78 is 2.67. The molecule has 4 rings (SSSR count). The van der Waals surface area contributed by atoms with Crippen LogP contribution in [0.1, 0.15) is 11.3 Å². The Bertz CT molecular complexity index is 1400. The third-order valence-electron chi connectivity index (χ3n) is 4.66. The number of amides is 1. The molecule has 9 heteroatoms. The van der Waals surface area contributed by atoms with Crippen LogP contribution in [0.15, 0.2) is 76.8 Å². The van der Waals surface area contributed by atoms with E-state index in [4.69, 9.17) is 11.6 Å². The second-order valence-electron chi connectivity index (χ2n) is 6.88. The third kappa shape index (κ3) is 4.34. The lowest BCUT2D eigenvalue weighted by Crippen LogP contribution is -2.26. The Labute approximate surface area is 181 Å². The van der Waals surface area contributed by atoms with E-state index in [-0.39, 0.29) is 24.2 Å². The fourth-order valence-electron chi connectivity index (χ4n) is 3.21. The Morgan fingerprint density at radius 1 is 1.13 bits per heavy atom. The van der Waals surface area contributed by atoms with Crippen LogP contribution in [0.4, 0.5) is 5.69 Å². The van der Waals surface area contributed by atoms with Gasteiger partial charge < -0.3 is 19.4 Å². The molecule has 1 amide bonds. The minimum absolute atomic E-state index is 0.0367. The van der Waals surface area contributed by atoms with Crippen LogP contribution in [-0.2, 0) is 17.8 Å². The topological polar surface area (TPSA) is 106 Å². The van der Waals surface area contributed by atoms with Crippen LogP contribution < -0.4 is 16.3 Å². The van der Waals surface area contributed by atoms with Crippen molar-refractivity contribution in [1.29, 1.82) is 0 Å². The van der Waals surface area contributed by atoms with E-state index in [2.05, 4.69) is 10.3 Å². The molecule has 0 saturated carbocycles. The molecule has 3 heterocycles. The molecule has 1 aromatic carbocycles. The number of anilines is 1. The predicted molar refractivity (Wildman–Crippen MR) is 117 cm³/mol. The molecule has 0 radical (unpaired) electrons. The zero-order chi connectivity index (χ0) is 22.0. The predicted octanol–water partition coefficient (Wildman–Crippen LogP) is 2.44. The summed E-state index contributed by atoms with van der Waals surface area (Å²) in [5, 5.41) is 13.4. The SMILES string of the molecule is O=C(Cc1ccccn1)Nc1cn2ccn(Cc3cccc(Cl)c3)c(=O)c2c(O)c1=O. The summed E-state index contributed by atoms with van der Waals surface area (Å²) in [6.45, 7) is 0.214. The highest BCUT2D eigenvalue weighted by atomic mass is 35.5. The second-order valence-corrected chi connectivity index (χ2v) is 7.32. The molecule has 0 fully saturated rings. The Morgan fingerprint density at radius 2 is 1.97 bits per heavy atom. The van der Waals surface area contributed by atoms with Crippen LogP contribution in [0, 0.1) is 0 Å². The first-order chi connectivity index (χ1) is 14.9. The zero-order valence-corrected chi connectivity index (χ0v) is 16.9. The number of nitrogens with one attached hydrogen (secondary N) is 1. The largest absolute Gasteiger partial charge is 0.502 e. The number of carbonyl (C=O) groups is 1. The van der Waals surface area contributed by atoms with Crippen LogP contribution in [0.25, 0.3) is 5.52 Å². The van der Waals surface area contributed by atoms with Gasteiger partial charge >= 0.3 is 0 Å². The summed E-state index contributed by atoms with van der Waals surface area (Å²) in [7, 11) is 0. The lowest BCUT2D eigenvalue weighted by atomic mass is 10.2. The fourth-order valence-corrected chi connectivity index (χ4v) is 3.43. The van der Waals surface area contributed by atoms with E-state index in [0.29, 0.717) is 10.7 Å². The summed E-state index contributed by atoms with van der Waals surface area (Å²) in [5.74, 6) is -1.20. The highest BCUT2D eigenvalue weighted by Crippen LogP contribution is 2.15. The van der Waals surface area contributed by atoms with Gasteiger partial charge in [-0.2, -0.15) is 0 Å². The molecule has 4 aromatic rings. The molecule has 0 saturated heterocycles. The maximum atomic E-state index is 12.9. The molecular weight excluding hydrogens is 420 g/mol. The molecule has 0 bridgehead atoms. The zero-order valence-electron chi connectivity index (χ0n) is 16.2. The van der Waals surface area contributed by atoms with E-state index in [1.807, 2.05) is 6.07 Å². The van der Waals surface area contributed by atoms with Crippen molar-refractivity contribution < 1.29 is 9.90 Å². The molecule has 0 atom stereocenters. The number of pyridine rings is 2. The summed E-state index contributed by atoms with van der Waals surface area (Å²) in [4.78, 5) is 41.8. The maximum Gasteiger partial charge on any atom is 0.279 e. The van der Waals surface area contributed by atoms with Crippen molar-refractivity contribution in [2.24, 2.45) is 0 Å². The molecule has 0 spiro atoms. The molecule has 0 aliphatic carbocycles. The van der Waals surface area contributed by atoms with Crippen LogP contribution in [-0.4, -0.2) is 25.0 Å². The number of halogens is 1. The summed E-state index contributed by atoms with van der Waals surface area (Å²) in [5.41, 5.74) is -0.385. The van der Waals surface area contributed by atoms with Crippen molar-refractivity contribution in [3.05, 3.63) is 104 Å². The summed E-state index contributed by atoms with van der Waals surface area (Å²) >= 11 is 5.99. The molecule has 2 N–H and O–H groups in total. The van der Waals surface area contributed by atoms with Gasteiger partial charge in [0.2, 0.25) is 11.3 Å². The average molecular weight is 437 g/mol. The monoisotopic (exact) mass is 436 g/mol. The van der Waals surface area contributed by atoms with Crippen LogP contribution in [0.3, 0.4) is 0 Å². The molecule has 8 nitrogen and oxygen atoms in total. The van der Waals surface area contributed by atoms with Crippen LogP contribution in [0.2, 0.25) is 5.02 Å². The molecular formula is C22H17ClN4O4. The van der Waals surface area contributed by atoms with Gasteiger partial charge in [-0.15, -0.1) is 0 Å². The number of hydrogen-bond acceptors (Lipinski definition) is 5. The van der Waals surface area contributed by atoms with E-state index >= 15 is 0 Å². The lowest BCUT2D eigenvalue weighted by molar-refractivity contribution is -0.115. The normalized spacial score (nSPS) is 10.9. The highest BCUT2D eigenvalue weighted by Gasteiger charge is 2.16. The number of aromatic hydroxyl groups is 1. The van der Waals surface area contributed by atoms with Gasteiger partial charge in [-0.1, -0.05) is 29.8 Å². The second kappa shape index (κ2) is 8.45. The van der Waals surface area contributed by atoms with Gasteiger partial charge in [0.1, 0.15) is 5.69 Å². The van der Waals surface area contributed by atoms with Crippen molar-refractivity contribution in [2.75, 3.05) is 5.32 Å². The van der Waals surface area contributed by atoms with E-state index in [9.17, 15) is 19.5 Å². The quantitative estimate of drug-likeness (QED) is 0.500. The van der Waals surface area contributed by atoms with Gasteiger partial charge in [0, 0.05) is 35.5 Å². The van der Waals surface area contributed by atoms with Gasteiger partial charge in [0.15, 0.2) is 11.3 Å². The van der Waals surface area contributed by atoms with E-state index in [1.54, 1.807) is 42.6 Å². The Hall–Kier alpha value is -3.91. The lowest BCUT2D eigenvalue weighted by Gasteiger charge is -2.12. The smallest absolute Gasteiger partial charge is 0.279 e. The summed E-state index contributed by atoms with van der Waals surface area (Å²) in [6.07, 6.45) is 5.88. The first kappa shape index (κ1) is 20.4. The number of rotatable bonds is 5.